The van der Waals surface area contributed by atoms with Crippen LogP contribution in [0, 0.1) is 0 Å². The molecule has 0 radical (unpaired) electrons. The molecule has 3 aromatic rings. The fourth-order valence-electron chi connectivity index (χ4n) is 3.94. The summed E-state index contributed by atoms with van der Waals surface area (Å²) in [6.45, 7) is 5.18. The number of carbonyl (C=O) groups is 2. The van der Waals surface area contributed by atoms with Crippen molar-refractivity contribution in [2.24, 2.45) is 0 Å². The van der Waals surface area contributed by atoms with Crippen LogP contribution in [0.15, 0.2) is 36.4 Å². The van der Waals surface area contributed by atoms with Gasteiger partial charge in [-0.25, -0.2) is 9.59 Å². The number of benzene rings is 3. The highest BCUT2D eigenvalue weighted by Crippen LogP contribution is 2.48. The maximum absolute atomic E-state index is 12.9. The van der Waals surface area contributed by atoms with Crippen molar-refractivity contribution in [3.05, 3.63) is 47.5 Å². The summed E-state index contributed by atoms with van der Waals surface area (Å²) in [5.41, 5.74) is 1.42. The van der Waals surface area contributed by atoms with Gasteiger partial charge in [0.1, 0.15) is 23.7 Å². The van der Waals surface area contributed by atoms with Crippen LogP contribution < -0.4 is 18.9 Å². The number of rotatable bonds is 5. The lowest BCUT2D eigenvalue weighted by Gasteiger charge is -2.21. The van der Waals surface area contributed by atoms with E-state index in [2.05, 4.69) is 0 Å². The second-order valence-electron chi connectivity index (χ2n) is 8.68. The summed E-state index contributed by atoms with van der Waals surface area (Å²) in [5.74, 6) is 1.25. The van der Waals surface area contributed by atoms with E-state index >= 15 is 0 Å². The molecule has 1 aliphatic heterocycles. The molecule has 0 fully saturated rings. The molecular formula is C26H26O8. The van der Waals surface area contributed by atoms with Crippen LogP contribution in [0.1, 0.15) is 36.7 Å². The van der Waals surface area contributed by atoms with Gasteiger partial charge in [-0.3, -0.25) is 0 Å². The van der Waals surface area contributed by atoms with Gasteiger partial charge < -0.3 is 28.4 Å². The summed E-state index contributed by atoms with van der Waals surface area (Å²) in [4.78, 5) is 25.5. The summed E-state index contributed by atoms with van der Waals surface area (Å²) in [5, 5.41) is 1.17. The third kappa shape index (κ3) is 4.19. The minimum Gasteiger partial charge on any atom is -0.497 e. The summed E-state index contributed by atoms with van der Waals surface area (Å²) in [7, 11) is 4.62. The van der Waals surface area contributed by atoms with Crippen LogP contribution in [0.3, 0.4) is 0 Å². The van der Waals surface area contributed by atoms with Crippen molar-refractivity contribution in [1.29, 1.82) is 0 Å². The number of hydrogen-bond donors (Lipinski definition) is 0. The quantitative estimate of drug-likeness (QED) is 0.359. The van der Waals surface area contributed by atoms with Crippen LogP contribution >= 0.6 is 0 Å². The first-order valence-corrected chi connectivity index (χ1v) is 10.6. The van der Waals surface area contributed by atoms with Gasteiger partial charge in [0.05, 0.1) is 26.9 Å². The lowest BCUT2D eigenvalue weighted by molar-refractivity contribution is 0.0206. The molecule has 1 heterocycles. The molecule has 1 aliphatic rings. The van der Waals surface area contributed by atoms with Crippen LogP contribution in [0.25, 0.3) is 21.9 Å². The molecule has 0 unspecified atom stereocenters. The Balaban J connectivity index is 2.04. The van der Waals surface area contributed by atoms with Gasteiger partial charge >= 0.3 is 12.1 Å². The lowest BCUT2D eigenvalue weighted by atomic mass is 9.89. The van der Waals surface area contributed by atoms with E-state index in [1.165, 1.54) is 14.2 Å². The Kier molecular flexibility index (Phi) is 6.00. The molecule has 3 aromatic carbocycles. The molecule has 0 saturated heterocycles. The van der Waals surface area contributed by atoms with Crippen molar-refractivity contribution >= 4 is 22.9 Å². The highest BCUT2D eigenvalue weighted by molar-refractivity contribution is 6.14. The number of methoxy groups -OCH3 is 3. The smallest absolute Gasteiger partial charge is 0.497 e. The Morgan fingerprint density at radius 1 is 0.882 bits per heavy atom. The Morgan fingerprint density at radius 2 is 1.50 bits per heavy atom. The molecule has 0 atom stereocenters. The minimum atomic E-state index is -0.887. The molecule has 8 heteroatoms. The summed E-state index contributed by atoms with van der Waals surface area (Å²) >= 11 is 0. The predicted octanol–water partition coefficient (Wildman–Crippen LogP) is 5.52. The minimum absolute atomic E-state index is 0.0419. The van der Waals surface area contributed by atoms with Gasteiger partial charge in [0.25, 0.3) is 0 Å². The third-order valence-electron chi connectivity index (χ3n) is 5.37. The maximum atomic E-state index is 12.9. The second kappa shape index (κ2) is 8.78. The van der Waals surface area contributed by atoms with Crippen LogP contribution in [0.2, 0.25) is 0 Å². The molecular weight excluding hydrogens is 440 g/mol. The van der Waals surface area contributed by atoms with Gasteiger partial charge in [-0.05, 0) is 56.0 Å². The third-order valence-corrected chi connectivity index (χ3v) is 5.37. The molecule has 0 saturated carbocycles. The van der Waals surface area contributed by atoms with Gasteiger partial charge in [-0.15, -0.1) is 0 Å². The van der Waals surface area contributed by atoms with Crippen LogP contribution in [0.4, 0.5) is 4.79 Å². The molecule has 0 N–H and O–H groups in total. The predicted molar refractivity (Wildman–Crippen MR) is 125 cm³/mol. The first-order chi connectivity index (χ1) is 16.2. The molecule has 0 spiro atoms. The number of ether oxygens (including phenoxy) is 6. The fraction of sp³-hybridized carbons (Fsp3) is 0.308. The number of carbonyl (C=O) groups excluding carboxylic acids is 2. The summed E-state index contributed by atoms with van der Waals surface area (Å²) in [6.07, 6.45) is -0.887. The average molecular weight is 466 g/mol. The summed E-state index contributed by atoms with van der Waals surface area (Å²) in [6, 6.07) is 10.8. The summed E-state index contributed by atoms with van der Waals surface area (Å²) < 4.78 is 32.7. The highest BCUT2D eigenvalue weighted by atomic mass is 16.7. The molecule has 0 aromatic heterocycles. The number of hydrogen-bond acceptors (Lipinski definition) is 8. The zero-order valence-electron chi connectivity index (χ0n) is 19.9. The zero-order chi connectivity index (χ0) is 24.6. The van der Waals surface area contributed by atoms with Gasteiger partial charge in [0.2, 0.25) is 0 Å². The topological polar surface area (TPSA) is 89.5 Å². The van der Waals surface area contributed by atoms with E-state index in [4.69, 9.17) is 28.4 Å². The van der Waals surface area contributed by atoms with Gasteiger partial charge in [-0.1, -0.05) is 12.1 Å². The first kappa shape index (κ1) is 23.2. The van der Waals surface area contributed by atoms with Crippen molar-refractivity contribution in [3.63, 3.8) is 0 Å². The van der Waals surface area contributed by atoms with E-state index in [1.807, 2.05) is 12.1 Å². The highest BCUT2D eigenvalue weighted by Gasteiger charge is 2.34. The largest absolute Gasteiger partial charge is 0.514 e. The molecule has 0 bridgehead atoms. The fourth-order valence-corrected chi connectivity index (χ4v) is 3.94. The molecule has 0 amide bonds. The molecule has 34 heavy (non-hydrogen) atoms. The molecule has 178 valence electrons. The average Bonchev–Trinajstić information content (AvgIpc) is 3.18. The standard InChI is InChI=1S/C26H26O8/c1-26(2,3)34-25(28)33-23-17-12-20(31-6)19(30-5)11-16(17)21(22-18(23)13-32-24(22)27)14-7-9-15(29-4)10-8-14/h7-12H,13H2,1-6H3. The van der Waals surface area contributed by atoms with Gasteiger partial charge in [-0.2, -0.15) is 0 Å². The lowest BCUT2D eigenvalue weighted by Crippen LogP contribution is -2.26. The van der Waals surface area contributed by atoms with Crippen molar-refractivity contribution in [1.82, 2.24) is 0 Å². The van der Waals surface area contributed by atoms with E-state index in [9.17, 15) is 9.59 Å². The zero-order valence-corrected chi connectivity index (χ0v) is 19.9. The Hall–Kier alpha value is -3.94. The van der Waals surface area contributed by atoms with E-state index in [1.54, 1.807) is 52.1 Å². The molecule has 4 rings (SSSR count). The second-order valence-corrected chi connectivity index (χ2v) is 8.68. The van der Waals surface area contributed by atoms with Crippen molar-refractivity contribution in [3.8, 4) is 34.1 Å². The number of cyclic esters (lactones) is 1. The van der Waals surface area contributed by atoms with E-state index in [0.717, 1.165) is 5.56 Å². The van der Waals surface area contributed by atoms with Gasteiger partial charge in [0, 0.05) is 16.5 Å². The molecule has 0 aliphatic carbocycles. The Labute approximate surface area is 197 Å². The first-order valence-electron chi connectivity index (χ1n) is 10.6. The maximum Gasteiger partial charge on any atom is 0.514 e. The monoisotopic (exact) mass is 466 g/mol. The van der Waals surface area contributed by atoms with E-state index in [-0.39, 0.29) is 12.4 Å². The van der Waals surface area contributed by atoms with Crippen molar-refractivity contribution in [2.45, 2.75) is 33.0 Å². The SMILES string of the molecule is COc1ccc(-c2c3c(c(OC(=O)OC(C)(C)C)c4cc(OC)c(OC)cc24)COC3=O)cc1. The van der Waals surface area contributed by atoms with E-state index in [0.29, 0.717) is 44.7 Å². The van der Waals surface area contributed by atoms with Crippen molar-refractivity contribution in [2.75, 3.05) is 21.3 Å². The van der Waals surface area contributed by atoms with E-state index < -0.39 is 17.7 Å². The number of fused-ring (bicyclic) bond motifs is 2. The normalized spacial score (nSPS) is 12.7. The van der Waals surface area contributed by atoms with Gasteiger partial charge in [0.15, 0.2) is 11.5 Å². The Morgan fingerprint density at radius 3 is 2.06 bits per heavy atom. The Bertz CT molecular complexity index is 1270. The van der Waals surface area contributed by atoms with Crippen LogP contribution in [-0.4, -0.2) is 39.1 Å². The van der Waals surface area contributed by atoms with Crippen LogP contribution in [0.5, 0.6) is 23.0 Å². The van der Waals surface area contributed by atoms with Crippen LogP contribution in [-0.2, 0) is 16.1 Å². The molecule has 8 nitrogen and oxygen atoms in total. The number of esters is 1. The van der Waals surface area contributed by atoms with Crippen molar-refractivity contribution < 1.29 is 38.0 Å².